The summed E-state index contributed by atoms with van der Waals surface area (Å²) >= 11 is 3.43. The highest BCUT2D eigenvalue weighted by Gasteiger charge is 2.13. The van der Waals surface area contributed by atoms with Crippen molar-refractivity contribution in [2.75, 3.05) is 13.1 Å². The van der Waals surface area contributed by atoms with Gasteiger partial charge in [0.25, 0.3) is 5.91 Å². The number of pyridine rings is 1. The standard InChI is InChI=1S/C20H18BrN3O2/c1-13(25)22-10-11-23-20(26)17-12-19(14-6-8-15(21)9-7-14)24-18-5-3-2-4-16(17)18/h2-9,12H,10-11H2,1H3,(H,22,25)(H,23,26). The van der Waals surface area contributed by atoms with Crippen molar-refractivity contribution in [1.82, 2.24) is 15.6 Å². The van der Waals surface area contributed by atoms with Gasteiger partial charge in [-0.3, -0.25) is 9.59 Å². The molecule has 0 atom stereocenters. The van der Waals surface area contributed by atoms with E-state index in [0.717, 1.165) is 26.6 Å². The maximum atomic E-state index is 12.7. The van der Waals surface area contributed by atoms with Crippen molar-refractivity contribution in [3.63, 3.8) is 0 Å². The van der Waals surface area contributed by atoms with Crippen LogP contribution < -0.4 is 10.6 Å². The first-order valence-electron chi connectivity index (χ1n) is 8.23. The van der Waals surface area contributed by atoms with Crippen molar-refractivity contribution in [3.8, 4) is 11.3 Å². The number of aromatic nitrogens is 1. The lowest BCUT2D eigenvalue weighted by Crippen LogP contribution is -2.33. The monoisotopic (exact) mass is 411 g/mol. The molecule has 5 nitrogen and oxygen atoms in total. The normalized spacial score (nSPS) is 10.5. The zero-order valence-electron chi connectivity index (χ0n) is 14.3. The van der Waals surface area contributed by atoms with Crippen molar-refractivity contribution in [3.05, 3.63) is 64.6 Å². The van der Waals surface area contributed by atoms with Crippen LogP contribution in [0.25, 0.3) is 22.2 Å². The summed E-state index contributed by atoms with van der Waals surface area (Å²) in [7, 11) is 0. The first-order valence-corrected chi connectivity index (χ1v) is 9.02. The van der Waals surface area contributed by atoms with E-state index in [9.17, 15) is 9.59 Å². The number of carbonyl (C=O) groups is 2. The second kappa shape index (κ2) is 8.10. The molecule has 0 aliphatic carbocycles. The molecule has 0 bridgehead atoms. The van der Waals surface area contributed by atoms with Crippen molar-refractivity contribution in [1.29, 1.82) is 0 Å². The highest BCUT2D eigenvalue weighted by molar-refractivity contribution is 9.10. The Balaban J connectivity index is 1.93. The average molecular weight is 412 g/mol. The summed E-state index contributed by atoms with van der Waals surface area (Å²) in [6, 6.07) is 17.2. The van der Waals surface area contributed by atoms with Gasteiger partial charge < -0.3 is 10.6 Å². The summed E-state index contributed by atoms with van der Waals surface area (Å²) < 4.78 is 0.984. The second-order valence-corrected chi connectivity index (χ2v) is 6.73. The van der Waals surface area contributed by atoms with Crippen LogP contribution in [-0.2, 0) is 4.79 Å². The fraction of sp³-hybridized carbons (Fsp3) is 0.150. The van der Waals surface area contributed by atoms with Crippen LogP contribution in [0.4, 0.5) is 0 Å². The Morgan fingerprint density at radius 1 is 1.00 bits per heavy atom. The molecule has 0 radical (unpaired) electrons. The lowest BCUT2D eigenvalue weighted by molar-refractivity contribution is -0.118. The molecule has 2 amide bonds. The van der Waals surface area contributed by atoms with Crippen molar-refractivity contribution in [2.24, 2.45) is 0 Å². The van der Waals surface area contributed by atoms with E-state index in [1.165, 1.54) is 6.92 Å². The summed E-state index contributed by atoms with van der Waals surface area (Å²) in [5.41, 5.74) is 3.01. The molecule has 3 rings (SSSR count). The number of nitrogens with zero attached hydrogens (tertiary/aromatic N) is 1. The van der Waals surface area contributed by atoms with Gasteiger partial charge in [-0.1, -0.05) is 46.3 Å². The molecule has 0 saturated carbocycles. The zero-order chi connectivity index (χ0) is 18.5. The average Bonchev–Trinajstić information content (AvgIpc) is 2.64. The first kappa shape index (κ1) is 18.1. The van der Waals surface area contributed by atoms with E-state index in [-0.39, 0.29) is 11.8 Å². The van der Waals surface area contributed by atoms with Gasteiger partial charge >= 0.3 is 0 Å². The van der Waals surface area contributed by atoms with Crippen LogP contribution in [0.15, 0.2) is 59.1 Å². The smallest absolute Gasteiger partial charge is 0.252 e. The van der Waals surface area contributed by atoms with Gasteiger partial charge in [-0.15, -0.1) is 0 Å². The first-order chi connectivity index (χ1) is 12.5. The molecular weight excluding hydrogens is 394 g/mol. The maximum absolute atomic E-state index is 12.7. The number of hydrogen-bond donors (Lipinski definition) is 2. The highest BCUT2D eigenvalue weighted by atomic mass is 79.9. The van der Waals surface area contributed by atoms with Crippen LogP contribution in [0.3, 0.4) is 0 Å². The van der Waals surface area contributed by atoms with Gasteiger partial charge in [0.05, 0.1) is 16.8 Å². The van der Waals surface area contributed by atoms with E-state index in [1.807, 2.05) is 48.5 Å². The quantitative estimate of drug-likeness (QED) is 0.630. The number of amides is 2. The molecule has 0 aliphatic rings. The fourth-order valence-electron chi connectivity index (χ4n) is 2.64. The van der Waals surface area contributed by atoms with E-state index in [2.05, 4.69) is 31.5 Å². The Labute approximate surface area is 160 Å². The Kier molecular flexibility index (Phi) is 5.63. The molecule has 0 spiro atoms. The Bertz CT molecular complexity index is 955. The largest absolute Gasteiger partial charge is 0.355 e. The third-order valence-corrected chi connectivity index (χ3v) is 4.41. The molecule has 26 heavy (non-hydrogen) atoms. The van der Waals surface area contributed by atoms with E-state index < -0.39 is 0 Å². The van der Waals surface area contributed by atoms with Crippen LogP contribution in [0.1, 0.15) is 17.3 Å². The van der Waals surface area contributed by atoms with Gasteiger partial charge in [-0.05, 0) is 24.3 Å². The third kappa shape index (κ3) is 4.26. The van der Waals surface area contributed by atoms with Crippen molar-refractivity contribution < 1.29 is 9.59 Å². The molecule has 0 fully saturated rings. The van der Waals surface area contributed by atoms with Crippen LogP contribution in [0, 0.1) is 0 Å². The minimum absolute atomic E-state index is 0.119. The van der Waals surface area contributed by atoms with E-state index in [0.29, 0.717) is 18.7 Å². The molecule has 2 aromatic carbocycles. The van der Waals surface area contributed by atoms with Gasteiger partial charge in [0.2, 0.25) is 5.91 Å². The van der Waals surface area contributed by atoms with E-state index in [1.54, 1.807) is 6.07 Å². The maximum Gasteiger partial charge on any atom is 0.252 e. The molecule has 0 unspecified atom stereocenters. The predicted molar refractivity (Wildman–Crippen MR) is 106 cm³/mol. The molecule has 1 heterocycles. The molecule has 0 saturated heterocycles. The molecule has 3 aromatic rings. The Morgan fingerprint density at radius 3 is 2.42 bits per heavy atom. The fourth-order valence-corrected chi connectivity index (χ4v) is 2.91. The highest BCUT2D eigenvalue weighted by Crippen LogP contribution is 2.26. The van der Waals surface area contributed by atoms with Crippen LogP contribution in [0.5, 0.6) is 0 Å². The van der Waals surface area contributed by atoms with Gasteiger partial charge in [-0.2, -0.15) is 0 Å². The van der Waals surface area contributed by atoms with Crippen LogP contribution >= 0.6 is 15.9 Å². The summed E-state index contributed by atoms with van der Waals surface area (Å²) in [5.74, 6) is -0.307. The molecule has 132 valence electrons. The van der Waals surface area contributed by atoms with Crippen LogP contribution in [0.2, 0.25) is 0 Å². The summed E-state index contributed by atoms with van der Waals surface area (Å²) in [6.45, 7) is 2.20. The van der Waals surface area contributed by atoms with Crippen LogP contribution in [-0.4, -0.2) is 29.9 Å². The third-order valence-electron chi connectivity index (χ3n) is 3.89. The number of nitrogens with one attached hydrogen (secondary N) is 2. The summed E-state index contributed by atoms with van der Waals surface area (Å²) in [4.78, 5) is 28.3. The van der Waals surface area contributed by atoms with Gasteiger partial charge in [-0.25, -0.2) is 4.98 Å². The number of benzene rings is 2. The Morgan fingerprint density at radius 2 is 1.69 bits per heavy atom. The number of para-hydroxylation sites is 1. The van der Waals surface area contributed by atoms with Gasteiger partial charge in [0.1, 0.15) is 0 Å². The minimum Gasteiger partial charge on any atom is -0.355 e. The number of rotatable bonds is 5. The molecular formula is C20H18BrN3O2. The van der Waals surface area contributed by atoms with Crippen molar-refractivity contribution >= 4 is 38.6 Å². The number of carbonyl (C=O) groups excluding carboxylic acids is 2. The SMILES string of the molecule is CC(=O)NCCNC(=O)c1cc(-c2ccc(Br)cc2)nc2ccccc12. The second-order valence-electron chi connectivity index (χ2n) is 5.82. The number of halogens is 1. The predicted octanol–water partition coefficient (Wildman–Crippen LogP) is 3.53. The zero-order valence-corrected chi connectivity index (χ0v) is 15.8. The molecule has 0 aliphatic heterocycles. The molecule has 2 N–H and O–H groups in total. The Hall–Kier alpha value is -2.73. The summed E-state index contributed by atoms with van der Waals surface area (Å²) in [5, 5.41) is 6.30. The summed E-state index contributed by atoms with van der Waals surface area (Å²) in [6.07, 6.45) is 0. The van der Waals surface area contributed by atoms with Gasteiger partial charge in [0.15, 0.2) is 0 Å². The van der Waals surface area contributed by atoms with E-state index >= 15 is 0 Å². The van der Waals surface area contributed by atoms with Crippen molar-refractivity contribution in [2.45, 2.75) is 6.92 Å². The lowest BCUT2D eigenvalue weighted by Gasteiger charge is -2.11. The molecule has 1 aromatic heterocycles. The minimum atomic E-state index is -0.188. The molecule has 6 heteroatoms. The number of hydrogen-bond acceptors (Lipinski definition) is 3. The van der Waals surface area contributed by atoms with Gasteiger partial charge in [0, 0.05) is 35.4 Å². The number of fused-ring (bicyclic) bond motifs is 1. The lowest BCUT2D eigenvalue weighted by atomic mass is 10.0. The van der Waals surface area contributed by atoms with E-state index in [4.69, 9.17) is 0 Å². The topological polar surface area (TPSA) is 71.1 Å².